The summed E-state index contributed by atoms with van der Waals surface area (Å²) in [5, 5.41) is 3.62. The average molecular weight is 275 g/mol. The number of carbonyl (C=O) groups excluding carboxylic acids is 1. The number of carbonyl (C=O) groups is 1. The number of urea groups is 1. The topological polar surface area (TPSA) is 45.2 Å². The molecule has 4 nitrogen and oxygen atoms in total. The van der Waals surface area contributed by atoms with Crippen molar-refractivity contribution >= 4 is 22.6 Å². The van der Waals surface area contributed by atoms with Gasteiger partial charge in [0, 0.05) is 24.7 Å². The number of hydrogen-bond acceptors (Lipinski definition) is 3. The molecule has 0 saturated heterocycles. The summed E-state index contributed by atoms with van der Waals surface area (Å²) in [6.45, 7) is 3.95. The third-order valence-corrected chi connectivity index (χ3v) is 3.61. The fraction of sp³-hybridized carbons (Fsp3) is 0.286. The van der Waals surface area contributed by atoms with E-state index in [0.717, 1.165) is 16.3 Å². The van der Waals surface area contributed by atoms with Crippen LogP contribution in [0.4, 0.5) is 9.80 Å². The Labute approximate surface area is 117 Å². The Balaban J connectivity index is 2.08. The first kappa shape index (κ1) is 13.5. The Hall–Kier alpha value is -1.88. The Morgan fingerprint density at radius 3 is 2.63 bits per heavy atom. The maximum atomic E-state index is 11.9. The van der Waals surface area contributed by atoms with E-state index in [0.29, 0.717) is 0 Å². The van der Waals surface area contributed by atoms with E-state index < -0.39 is 0 Å². The molecule has 19 heavy (non-hydrogen) atoms. The minimum Gasteiger partial charge on any atom is -0.325 e. The number of anilines is 1. The van der Waals surface area contributed by atoms with Crippen molar-refractivity contribution < 1.29 is 4.79 Å². The van der Waals surface area contributed by atoms with Crippen LogP contribution >= 0.6 is 11.5 Å². The number of nitrogens with one attached hydrogen (secondary N) is 1. The third kappa shape index (κ3) is 3.32. The molecule has 1 aromatic heterocycles. The summed E-state index contributed by atoms with van der Waals surface area (Å²) in [4.78, 5) is 13.5. The molecule has 0 saturated carbocycles. The lowest BCUT2D eigenvalue weighted by Crippen LogP contribution is -2.36. The van der Waals surface area contributed by atoms with Gasteiger partial charge in [0.25, 0.3) is 0 Å². The predicted octanol–water partition coefficient (Wildman–Crippen LogP) is 3.68. The van der Waals surface area contributed by atoms with Crippen LogP contribution in [0.1, 0.15) is 13.8 Å². The van der Waals surface area contributed by atoms with Crippen LogP contribution in [0.15, 0.2) is 36.4 Å². The minimum absolute atomic E-state index is 0.113. The van der Waals surface area contributed by atoms with Gasteiger partial charge in [-0.15, -0.1) is 0 Å². The lowest BCUT2D eigenvalue weighted by Gasteiger charge is -2.21. The predicted molar refractivity (Wildman–Crippen MR) is 79.5 cm³/mol. The average Bonchev–Trinajstić information content (AvgIpc) is 2.87. The van der Waals surface area contributed by atoms with Crippen LogP contribution in [0.3, 0.4) is 0 Å². The van der Waals surface area contributed by atoms with Gasteiger partial charge in [-0.25, -0.2) is 4.79 Å². The minimum atomic E-state index is -0.113. The number of rotatable bonds is 3. The molecule has 0 atom stereocenters. The van der Waals surface area contributed by atoms with E-state index in [-0.39, 0.29) is 12.1 Å². The molecule has 2 amide bonds. The standard InChI is InChI=1S/C14H17N3OS/c1-10(2)17(3)14(18)15-13-9-12(16-19-13)11-7-5-4-6-8-11/h4-10H,1-3H3,(H,15,18). The van der Waals surface area contributed by atoms with E-state index >= 15 is 0 Å². The van der Waals surface area contributed by atoms with Gasteiger partial charge in [0.2, 0.25) is 0 Å². The van der Waals surface area contributed by atoms with Crippen LogP contribution in [0.25, 0.3) is 11.3 Å². The maximum Gasteiger partial charge on any atom is 0.322 e. The molecule has 0 unspecified atom stereocenters. The van der Waals surface area contributed by atoms with E-state index in [1.54, 1.807) is 11.9 Å². The Kier molecular flexibility index (Phi) is 4.16. The highest BCUT2D eigenvalue weighted by molar-refractivity contribution is 7.10. The first-order valence-electron chi connectivity index (χ1n) is 6.14. The van der Waals surface area contributed by atoms with Crippen molar-refractivity contribution in [1.29, 1.82) is 0 Å². The van der Waals surface area contributed by atoms with E-state index in [1.807, 2.05) is 50.2 Å². The third-order valence-electron chi connectivity index (χ3n) is 2.90. The van der Waals surface area contributed by atoms with Gasteiger partial charge >= 0.3 is 6.03 Å². The zero-order chi connectivity index (χ0) is 13.8. The lowest BCUT2D eigenvalue weighted by molar-refractivity contribution is 0.211. The van der Waals surface area contributed by atoms with Crippen LogP contribution in [0.5, 0.6) is 0 Å². The second kappa shape index (κ2) is 5.84. The van der Waals surface area contributed by atoms with E-state index in [9.17, 15) is 4.79 Å². The van der Waals surface area contributed by atoms with Crippen molar-refractivity contribution in [3.63, 3.8) is 0 Å². The molecule has 2 aromatic rings. The highest BCUT2D eigenvalue weighted by Crippen LogP contribution is 2.25. The molecule has 2 rings (SSSR count). The molecule has 0 fully saturated rings. The SMILES string of the molecule is CC(C)N(C)C(=O)Nc1cc(-c2ccccc2)ns1. The molecule has 0 aliphatic rings. The second-order valence-electron chi connectivity index (χ2n) is 4.58. The van der Waals surface area contributed by atoms with Gasteiger partial charge in [0.05, 0.1) is 5.69 Å². The van der Waals surface area contributed by atoms with Crippen molar-refractivity contribution in [3.8, 4) is 11.3 Å². The molecule has 0 radical (unpaired) electrons. The van der Waals surface area contributed by atoms with Crippen molar-refractivity contribution in [2.45, 2.75) is 19.9 Å². The van der Waals surface area contributed by atoms with Crippen molar-refractivity contribution in [1.82, 2.24) is 9.27 Å². The van der Waals surface area contributed by atoms with Crippen molar-refractivity contribution in [3.05, 3.63) is 36.4 Å². The van der Waals surface area contributed by atoms with Crippen molar-refractivity contribution in [2.75, 3.05) is 12.4 Å². The number of hydrogen-bond donors (Lipinski definition) is 1. The van der Waals surface area contributed by atoms with Gasteiger partial charge in [-0.2, -0.15) is 4.37 Å². The van der Waals surface area contributed by atoms with Crippen LogP contribution in [0.2, 0.25) is 0 Å². The van der Waals surface area contributed by atoms with E-state index in [2.05, 4.69) is 9.69 Å². The smallest absolute Gasteiger partial charge is 0.322 e. The highest BCUT2D eigenvalue weighted by atomic mass is 32.1. The monoisotopic (exact) mass is 275 g/mol. The first-order chi connectivity index (χ1) is 9.08. The first-order valence-corrected chi connectivity index (χ1v) is 6.91. The van der Waals surface area contributed by atoms with Crippen LogP contribution in [-0.4, -0.2) is 28.4 Å². The molecule has 0 spiro atoms. The molecule has 0 bridgehead atoms. The summed E-state index contributed by atoms with van der Waals surface area (Å²) in [6, 6.07) is 11.9. The summed E-state index contributed by atoms with van der Waals surface area (Å²) in [7, 11) is 1.78. The van der Waals surface area contributed by atoms with E-state index in [4.69, 9.17) is 0 Å². The molecular formula is C14H17N3OS. The van der Waals surface area contributed by atoms with E-state index in [1.165, 1.54) is 11.5 Å². The van der Waals surface area contributed by atoms with Crippen LogP contribution < -0.4 is 5.32 Å². The van der Waals surface area contributed by atoms with Gasteiger partial charge in [-0.05, 0) is 25.4 Å². The summed E-state index contributed by atoms with van der Waals surface area (Å²) < 4.78 is 4.35. The molecule has 1 aromatic carbocycles. The molecule has 5 heteroatoms. The number of aromatic nitrogens is 1. The van der Waals surface area contributed by atoms with Gasteiger partial charge < -0.3 is 4.90 Å². The largest absolute Gasteiger partial charge is 0.325 e. The van der Waals surface area contributed by atoms with Crippen LogP contribution in [0, 0.1) is 0 Å². The summed E-state index contributed by atoms with van der Waals surface area (Å²) in [6.07, 6.45) is 0. The highest BCUT2D eigenvalue weighted by Gasteiger charge is 2.13. The summed E-state index contributed by atoms with van der Waals surface area (Å²) in [5.41, 5.74) is 1.93. The van der Waals surface area contributed by atoms with Gasteiger partial charge in [-0.1, -0.05) is 30.3 Å². The number of nitrogens with zero attached hydrogens (tertiary/aromatic N) is 2. The Bertz CT molecular complexity index is 551. The normalized spacial score (nSPS) is 10.5. The Morgan fingerprint density at radius 1 is 1.32 bits per heavy atom. The maximum absolute atomic E-state index is 11.9. The fourth-order valence-electron chi connectivity index (χ4n) is 1.51. The molecule has 1 heterocycles. The quantitative estimate of drug-likeness (QED) is 0.928. The molecule has 0 aliphatic carbocycles. The van der Waals surface area contributed by atoms with Gasteiger partial charge in [0.1, 0.15) is 5.00 Å². The lowest BCUT2D eigenvalue weighted by atomic mass is 10.2. The molecule has 1 N–H and O–H groups in total. The summed E-state index contributed by atoms with van der Waals surface area (Å²) >= 11 is 1.29. The van der Waals surface area contributed by atoms with Gasteiger partial charge in [0.15, 0.2) is 0 Å². The zero-order valence-corrected chi connectivity index (χ0v) is 12.1. The second-order valence-corrected chi connectivity index (χ2v) is 5.38. The number of amides is 2. The van der Waals surface area contributed by atoms with Crippen molar-refractivity contribution in [2.24, 2.45) is 0 Å². The Morgan fingerprint density at radius 2 is 2.00 bits per heavy atom. The zero-order valence-electron chi connectivity index (χ0n) is 11.3. The number of benzene rings is 1. The summed E-state index contributed by atoms with van der Waals surface area (Å²) in [5.74, 6) is 0. The molecule has 100 valence electrons. The molecular weight excluding hydrogens is 258 g/mol. The molecule has 0 aliphatic heterocycles. The van der Waals surface area contributed by atoms with Crippen LogP contribution in [-0.2, 0) is 0 Å². The fourth-order valence-corrected chi connectivity index (χ4v) is 2.16. The van der Waals surface area contributed by atoms with Gasteiger partial charge in [-0.3, -0.25) is 5.32 Å².